The highest BCUT2D eigenvalue weighted by atomic mass is 16.5. The summed E-state index contributed by atoms with van der Waals surface area (Å²) in [6.45, 7) is 11.6. The lowest BCUT2D eigenvalue weighted by Crippen LogP contribution is -2.42. The summed E-state index contributed by atoms with van der Waals surface area (Å²) in [6.07, 6.45) is 0.0338. The van der Waals surface area contributed by atoms with Crippen molar-refractivity contribution in [3.8, 4) is 11.5 Å². The van der Waals surface area contributed by atoms with Crippen LogP contribution in [0.15, 0.2) is 54.1 Å². The molecule has 8 heteroatoms. The number of carbonyl (C=O) groups is 2. The molecular weight excluding hydrogens is 472 g/mol. The van der Waals surface area contributed by atoms with Crippen LogP contribution in [0.4, 0.5) is 0 Å². The van der Waals surface area contributed by atoms with Gasteiger partial charge in [0.1, 0.15) is 17.3 Å². The van der Waals surface area contributed by atoms with Gasteiger partial charge in [-0.2, -0.15) is 0 Å². The molecule has 0 radical (unpaired) electrons. The second-order valence-electron chi connectivity index (χ2n) is 9.87. The molecule has 2 aromatic rings. The molecule has 2 fully saturated rings. The van der Waals surface area contributed by atoms with Crippen LogP contribution in [-0.4, -0.2) is 78.2 Å². The lowest BCUT2D eigenvalue weighted by molar-refractivity contribution is -0.140. The number of benzene rings is 2. The third kappa shape index (κ3) is 6.32. The van der Waals surface area contributed by atoms with Crippen LogP contribution in [0.2, 0.25) is 0 Å². The molecule has 0 saturated carbocycles. The first-order chi connectivity index (χ1) is 17.7. The Hall–Kier alpha value is -3.36. The van der Waals surface area contributed by atoms with Gasteiger partial charge in [-0.05, 0) is 69.7 Å². The molecule has 8 nitrogen and oxygen atoms in total. The number of nitrogens with zero attached hydrogens (tertiary/aromatic N) is 2. The first-order valence-corrected chi connectivity index (χ1v) is 12.9. The van der Waals surface area contributed by atoms with Crippen LogP contribution in [0.25, 0.3) is 5.76 Å². The van der Waals surface area contributed by atoms with Crippen molar-refractivity contribution in [1.29, 1.82) is 0 Å². The Morgan fingerprint density at radius 3 is 1.97 bits per heavy atom. The summed E-state index contributed by atoms with van der Waals surface area (Å²) in [5.41, 5.74) is 1.27. The number of ether oxygens (including phenoxy) is 3. The average Bonchev–Trinajstić information content (AvgIpc) is 3.13. The van der Waals surface area contributed by atoms with Crippen LogP contribution in [-0.2, 0) is 14.3 Å². The van der Waals surface area contributed by atoms with E-state index < -0.39 is 17.7 Å². The first-order valence-electron chi connectivity index (χ1n) is 12.9. The van der Waals surface area contributed by atoms with Gasteiger partial charge >= 0.3 is 0 Å². The van der Waals surface area contributed by atoms with E-state index in [2.05, 4.69) is 4.90 Å². The number of morpholine rings is 1. The smallest absolute Gasteiger partial charge is 0.295 e. The Morgan fingerprint density at radius 2 is 1.43 bits per heavy atom. The highest BCUT2D eigenvalue weighted by Crippen LogP contribution is 2.40. The molecule has 2 aromatic carbocycles. The minimum Gasteiger partial charge on any atom is -0.507 e. The van der Waals surface area contributed by atoms with Crippen LogP contribution >= 0.6 is 0 Å². The quantitative estimate of drug-likeness (QED) is 0.311. The number of aliphatic hydroxyl groups excluding tert-OH is 1. The van der Waals surface area contributed by atoms with Crippen molar-refractivity contribution < 1.29 is 28.9 Å². The standard InChI is InChI=1S/C29H36N2O6/c1-19(2)36-23-9-5-21(6-10-23)26-25(27(32)22-7-11-24(12-8-22)37-20(3)4)28(33)29(34)31(26)14-13-30-15-17-35-18-16-30/h5-12,19-20,26,32H,13-18H2,1-4H3/b27-25+/t26-/m0/s1. The fraction of sp³-hybridized carbons (Fsp3) is 0.448. The van der Waals surface area contributed by atoms with E-state index in [4.69, 9.17) is 14.2 Å². The van der Waals surface area contributed by atoms with Crippen molar-refractivity contribution in [2.45, 2.75) is 45.9 Å². The molecule has 0 bridgehead atoms. The van der Waals surface area contributed by atoms with Crippen molar-refractivity contribution in [2.75, 3.05) is 39.4 Å². The molecular formula is C29H36N2O6. The van der Waals surface area contributed by atoms with Crippen molar-refractivity contribution in [3.63, 3.8) is 0 Å². The van der Waals surface area contributed by atoms with Gasteiger partial charge < -0.3 is 24.2 Å². The highest BCUT2D eigenvalue weighted by molar-refractivity contribution is 6.46. The molecule has 1 amide bonds. The van der Waals surface area contributed by atoms with E-state index in [1.165, 1.54) is 0 Å². The minimum absolute atomic E-state index is 0.0129. The Labute approximate surface area is 218 Å². The molecule has 0 aliphatic carbocycles. The van der Waals surface area contributed by atoms with Gasteiger partial charge in [-0.3, -0.25) is 14.5 Å². The van der Waals surface area contributed by atoms with E-state index in [1.54, 1.807) is 29.2 Å². The highest BCUT2D eigenvalue weighted by Gasteiger charge is 2.46. The Morgan fingerprint density at radius 1 is 0.892 bits per heavy atom. The lowest BCUT2D eigenvalue weighted by Gasteiger charge is -2.31. The van der Waals surface area contributed by atoms with Gasteiger partial charge in [-0.1, -0.05) is 12.1 Å². The second kappa shape index (κ2) is 11.8. The molecule has 2 heterocycles. The van der Waals surface area contributed by atoms with Crippen molar-refractivity contribution in [1.82, 2.24) is 9.80 Å². The molecule has 1 N–H and O–H groups in total. The SMILES string of the molecule is CC(C)Oc1ccc(/C(O)=C2\C(=O)C(=O)N(CCN3CCOCC3)[C@H]2c2ccc(OC(C)C)cc2)cc1. The monoisotopic (exact) mass is 508 g/mol. The predicted molar refractivity (Wildman–Crippen MR) is 141 cm³/mol. The maximum atomic E-state index is 13.3. The number of rotatable bonds is 9. The maximum Gasteiger partial charge on any atom is 0.295 e. The molecule has 2 saturated heterocycles. The summed E-state index contributed by atoms with van der Waals surface area (Å²) in [5.74, 6) is -0.132. The van der Waals surface area contributed by atoms with E-state index in [0.29, 0.717) is 43.4 Å². The summed E-state index contributed by atoms with van der Waals surface area (Å²) in [4.78, 5) is 30.3. The largest absolute Gasteiger partial charge is 0.507 e. The third-order valence-corrected chi connectivity index (χ3v) is 6.37. The molecule has 2 aliphatic rings. The zero-order chi connectivity index (χ0) is 26.5. The van der Waals surface area contributed by atoms with E-state index in [9.17, 15) is 14.7 Å². The third-order valence-electron chi connectivity index (χ3n) is 6.37. The fourth-order valence-electron chi connectivity index (χ4n) is 4.65. The van der Waals surface area contributed by atoms with Crippen LogP contribution in [0.3, 0.4) is 0 Å². The number of aliphatic hydroxyl groups is 1. The number of hydrogen-bond acceptors (Lipinski definition) is 7. The molecule has 0 aromatic heterocycles. The van der Waals surface area contributed by atoms with Crippen LogP contribution < -0.4 is 9.47 Å². The Kier molecular flexibility index (Phi) is 8.51. The van der Waals surface area contributed by atoms with Crippen molar-refractivity contribution >= 4 is 17.4 Å². The zero-order valence-electron chi connectivity index (χ0n) is 22.0. The van der Waals surface area contributed by atoms with Crippen LogP contribution in [0.1, 0.15) is 44.9 Å². The summed E-state index contributed by atoms with van der Waals surface area (Å²) in [5, 5.41) is 11.3. The van der Waals surface area contributed by atoms with Gasteiger partial charge in [0.25, 0.3) is 11.7 Å². The van der Waals surface area contributed by atoms with Gasteiger partial charge in [0.15, 0.2) is 0 Å². The zero-order valence-corrected chi connectivity index (χ0v) is 22.0. The van der Waals surface area contributed by atoms with Crippen molar-refractivity contribution in [3.05, 3.63) is 65.2 Å². The van der Waals surface area contributed by atoms with E-state index in [1.807, 2.05) is 52.0 Å². The predicted octanol–water partition coefficient (Wildman–Crippen LogP) is 4.01. The number of likely N-dealkylation sites (tertiary alicyclic amines) is 1. The Bertz CT molecular complexity index is 1120. The molecule has 37 heavy (non-hydrogen) atoms. The number of ketones is 1. The Balaban J connectivity index is 1.69. The number of Topliss-reactive ketones (excluding diaryl/α,β-unsaturated/α-hetero) is 1. The van der Waals surface area contributed by atoms with E-state index in [0.717, 1.165) is 18.7 Å². The number of amides is 1. The van der Waals surface area contributed by atoms with Gasteiger partial charge in [0, 0.05) is 31.7 Å². The van der Waals surface area contributed by atoms with Crippen molar-refractivity contribution in [2.24, 2.45) is 0 Å². The summed E-state index contributed by atoms with van der Waals surface area (Å²) in [7, 11) is 0. The van der Waals surface area contributed by atoms with Crippen LogP contribution in [0, 0.1) is 0 Å². The van der Waals surface area contributed by atoms with E-state index in [-0.39, 0.29) is 23.5 Å². The van der Waals surface area contributed by atoms with Gasteiger partial charge in [0.2, 0.25) is 0 Å². The minimum atomic E-state index is -0.708. The lowest BCUT2D eigenvalue weighted by atomic mass is 9.95. The van der Waals surface area contributed by atoms with Gasteiger partial charge in [-0.25, -0.2) is 0 Å². The molecule has 198 valence electrons. The summed E-state index contributed by atoms with van der Waals surface area (Å²) in [6, 6.07) is 13.5. The molecule has 4 rings (SSSR count). The summed E-state index contributed by atoms with van der Waals surface area (Å²) < 4.78 is 16.9. The maximum absolute atomic E-state index is 13.3. The summed E-state index contributed by atoms with van der Waals surface area (Å²) >= 11 is 0. The van der Waals surface area contributed by atoms with E-state index >= 15 is 0 Å². The number of carbonyl (C=O) groups excluding carboxylic acids is 2. The topological polar surface area (TPSA) is 88.5 Å². The van der Waals surface area contributed by atoms with Gasteiger partial charge in [-0.15, -0.1) is 0 Å². The van der Waals surface area contributed by atoms with Gasteiger partial charge in [0.05, 0.1) is 37.0 Å². The number of hydrogen-bond donors (Lipinski definition) is 1. The normalized spacial score (nSPS) is 20.2. The molecule has 2 aliphatic heterocycles. The molecule has 1 atom stereocenters. The first kappa shape index (κ1) is 26.7. The average molecular weight is 509 g/mol. The molecule has 0 spiro atoms. The second-order valence-corrected chi connectivity index (χ2v) is 9.87. The molecule has 0 unspecified atom stereocenters. The van der Waals surface area contributed by atoms with Crippen LogP contribution in [0.5, 0.6) is 11.5 Å². The fourth-order valence-corrected chi connectivity index (χ4v) is 4.65.